The predicted molar refractivity (Wildman–Crippen MR) is 73.3 cm³/mol. The molecule has 1 aromatic heterocycles. The SMILES string of the molecule is [C-]#[N+]c1c(OC2CC2)cc(C)c(F)c1-c1ccnn1C. The fourth-order valence-electron chi connectivity index (χ4n) is 2.17. The summed E-state index contributed by atoms with van der Waals surface area (Å²) in [5, 5.41) is 4.05. The molecule has 1 fully saturated rings. The van der Waals surface area contributed by atoms with Crippen LogP contribution in [0.3, 0.4) is 0 Å². The van der Waals surface area contributed by atoms with Gasteiger partial charge in [0.25, 0.3) is 0 Å². The molecule has 0 atom stereocenters. The molecule has 102 valence electrons. The molecule has 0 radical (unpaired) electrons. The van der Waals surface area contributed by atoms with Crippen LogP contribution in [-0.2, 0) is 7.05 Å². The normalized spacial score (nSPS) is 14.1. The van der Waals surface area contributed by atoms with Gasteiger partial charge in [0, 0.05) is 18.8 Å². The molecule has 0 aliphatic heterocycles. The van der Waals surface area contributed by atoms with Crippen LogP contribution in [0.25, 0.3) is 16.1 Å². The molecule has 0 spiro atoms. The second-order valence-corrected chi connectivity index (χ2v) is 5.00. The highest BCUT2D eigenvalue weighted by Crippen LogP contribution is 2.43. The average molecular weight is 271 g/mol. The summed E-state index contributed by atoms with van der Waals surface area (Å²) in [5.41, 5.74) is 1.56. The number of aromatic nitrogens is 2. The minimum Gasteiger partial charge on any atom is -0.501 e. The largest absolute Gasteiger partial charge is 0.501 e. The number of benzene rings is 1. The summed E-state index contributed by atoms with van der Waals surface area (Å²) >= 11 is 0. The molecular formula is C15H14FN3O. The summed E-state index contributed by atoms with van der Waals surface area (Å²) in [5.74, 6) is 0.0837. The molecule has 3 rings (SSSR count). The zero-order valence-corrected chi connectivity index (χ0v) is 11.4. The van der Waals surface area contributed by atoms with Gasteiger partial charge >= 0.3 is 0 Å². The van der Waals surface area contributed by atoms with Crippen LogP contribution in [0.15, 0.2) is 18.3 Å². The Labute approximate surface area is 116 Å². The molecule has 0 saturated heterocycles. The fraction of sp³-hybridized carbons (Fsp3) is 0.333. The van der Waals surface area contributed by atoms with Gasteiger partial charge in [-0.3, -0.25) is 4.68 Å². The van der Waals surface area contributed by atoms with E-state index in [1.807, 2.05) is 0 Å². The maximum absolute atomic E-state index is 14.5. The highest BCUT2D eigenvalue weighted by atomic mass is 19.1. The van der Waals surface area contributed by atoms with E-state index in [0.717, 1.165) is 12.8 Å². The van der Waals surface area contributed by atoms with E-state index < -0.39 is 0 Å². The Bertz CT molecular complexity index is 711. The molecule has 0 amide bonds. The van der Waals surface area contributed by atoms with Gasteiger partial charge in [-0.15, -0.1) is 0 Å². The summed E-state index contributed by atoms with van der Waals surface area (Å²) in [6.07, 6.45) is 3.75. The number of halogens is 1. The third kappa shape index (κ3) is 2.03. The molecule has 0 bridgehead atoms. The molecule has 1 aliphatic carbocycles. The Kier molecular flexibility index (Phi) is 2.94. The minimum absolute atomic E-state index is 0.166. The molecule has 0 N–H and O–H groups in total. The Balaban J connectivity index is 2.23. The van der Waals surface area contributed by atoms with Crippen molar-refractivity contribution < 1.29 is 9.13 Å². The van der Waals surface area contributed by atoms with Crippen LogP contribution in [0.1, 0.15) is 18.4 Å². The summed E-state index contributed by atoms with van der Waals surface area (Å²) in [6.45, 7) is 9.06. The number of hydrogen-bond acceptors (Lipinski definition) is 2. The van der Waals surface area contributed by atoms with Crippen molar-refractivity contribution in [2.24, 2.45) is 7.05 Å². The zero-order valence-electron chi connectivity index (χ0n) is 11.4. The molecule has 1 aliphatic rings. The van der Waals surface area contributed by atoms with Crippen LogP contribution in [0, 0.1) is 19.3 Å². The Morgan fingerprint density at radius 3 is 2.80 bits per heavy atom. The van der Waals surface area contributed by atoms with Crippen molar-refractivity contribution in [3.63, 3.8) is 0 Å². The first-order valence-electron chi connectivity index (χ1n) is 6.47. The highest BCUT2D eigenvalue weighted by molar-refractivity contribution is 5.82. The molecule has 5 heteroatoms. The summed E-state index contributed by atoms with van der Waals surface area (Å²) in [4.78, 5) is 3.49. The quantitative estimate of drug-likeness (QED) is 0.798. The van der Waals surface area contributed by atoms with Crippen molar-refractivity contribution in [2.75, 3.05) is 0 Å². The van der Waals surface area contributed by atoms with E-state index in [1.54, 1.807) is 37.0 Å². The van der Waals surface area contributed by atoms with Gasteiger partial charge in [-0.25, -0.2) is 9.24 Å². The predicted octanol–water partition coefficient (Wildman–Crippen LogP) is 3.63. The van der Waals surface area contributed by atoms with Crippen molar-refractivity contribution in [2.45, 2.75) is 25.9 Å². The van der Waals surface area contributed by atoms with Gasteiger partial charge in [-0.2, -0.15) is 5.10 Å². The van der Waals surface area contributed by atoms with Crippen LogP contribution >= 0.6 is 0 Å². The van der Waals surface area contributed by atoms with Crippen molar-refractivity contribution in [1.82, 2.24) is 9.78 Å². The van der Waals surface area contributed by atoms with Gasteiger partial charge in [0.15, 0.2) is 0 Å². The molecule has 1 saturated carbocycles. The van der Waals surface area contributed by atoms with E-state index in [2.05, 4.69) is 9.94 Å². The lowest BCUT2D eigenvalue weighted by atomic mass is 10.0. The van der Waals surface area contributed by atoms with E-state index in [9.17, 15) is 4.39 Å². The lowest BCUT2D eigenvalue weighted by molar-refractivity contribution is 0.304. The van der Waals surface area contributed by atoms with E-state index >= 15 is 0 Å². The number of aryl methyl sites for hydroxylation is 2. The van der Waals surface area contributed by atoms with Crippen LogP contribution in [-0.4, -0.2) is 15.9 Å². The van der Waals surface area contributed by atoms with Crippen molar-refractivity contribution >= 4 is 5.69 Å². The third-order valence-corrected chi connectivity index (χ3v) is 3.39. The van der Waals surface area contributed by atoms with Gasteiger partial charge < -0.3 is 4.74 Å². The van der Waals surface area contributed by atoms with E-state index in [4.69, 9.17) is 11.3 Å². The maximum Gasteiger partial charge on any atom is 0.240 e. The number of ether oxygens (including phenoxy) is 1. The molecule has 0 unspecified atom stereocenters. The smallest absolute Gasteiger partial charge is 0.240 e. The van der Waals surface area contributed by atoms with Gasteiger partial charge in [-0.05, 0) is 37.5 Å². The summed E-state index contributed by atoms with van der Waals surface area (Å²) in [7, 11) is 1.73. The Hall–Kier alpha value is -2.35. The summed E-state index contributed by atoms with van der Waals surface area (Å²) < 4.78 is 21.8. The van der Waals surface area contributed by atoms with Gasteiger partial charge in [0.2, 0.25) is 5.69 Å². The maximum atomic E-state index is 14.5. The van der Waals surface area contributed by atoms with Crippen LogP contribution < -0.4 is 4.74 Å². The van der Waals surface area contributed by atoms with Gasteiger partial charge in [-0.1, -0.05) is 0 Å². The molecule has 2 aromatic rings. The fourth-order valence-corrected chi connectivity index (χ4v) is 2.17. The van der Waals surface area contributed by atoms with Crippen molar-refractivity contribution in [3.05, 3.63) is 41.1 Å². The first kappa shape index (κ1) is 12.7. The molecule has 4 nitrogen and oxygen atoms in total. The van der Waals surface area contributed by atoms with E-state index in [1.165, 1.54) is 0 Å². The van der Waals surface area contributed by atoms with Gasteiger partial charge in [0.05, 0.1) is 18.4 Å². The van der Waals surface area contributed by atoms with Crippen LogP contribution in [0.4, 0.5) is 10.1 Å². The minimum atomic E-state index is -0.386. The molecule has 1 heterocycles. The van der Waals surface area contributed by atoms with E-state index in [0.29, 0.717) is 17.0 Å². The average Bonchev–Trinajstić information content (AvgIpc) is 3.14. The Morgan fingerprint density at radius 1 is 1.50 bits per heavy atom. The topological polar surface area (TPSA) is 31.4 Å². The first-order valence-corrected chi connectivity index (χ1v) is 6.47. The lowest BCUT2D eigenvalue weighted by Gasteiger charge is -2.14. The van der Waals surface area contributed by atoms with Gasteiger partial charge in [0.1, 0.15) is 11.6 Å². The van der Waals surface area contributed by atoms with Crippen molar-refractivity contribution in [1.29, 1.82) is 0 Å². The third-order valence-electron chi connectivity index (χ3n) is 3.39. The molecular weight excluding hydrogens is 257 g/mol. The standard InChI is InChI=1S/C15H14FN3O/c1-9-8-12(20-10-4-5-10)15(17-2)13(14(9)16)11-6-7-18-19(11)3/h6-8,10H,4-5H2,1,3H3. The van der Waals surface area contributed by atoms with E-state index in [-0.39, 0.29) is 23.2 Å². The number of nitrogens with zero attached hydrogens (tertiary/aromatic N) is 3. The molecule has 20 heavy (non-hydrogen) atoms. The summed E-state index contributed by atoms with van der Waals surface area (Å²) in [6, 6.07) is 3.31. The second kappa shape index (κ2) is 4.64. The molecule has 1 aromatic carbocycles. The lowest BCUT2D eigenvalue weighted by Crippen LogP contribution is -2.01. The second-order valence-electron chi connectivity index (χ2n) is 5.00. The number of rotatable bonds is 3. The highest BCUT2D eigenvalue weighted by Gasteiger charge is 2.27. The zero-order chi connectivity index (χ0) is 14.3. The van der Waals surface area contributed by atoms with Crippen LogP contribution in [0.5, 0.6) is 5.75 Å². The first-order chi connectivity index (χ1) is 9.61. The Morgan fingerprint density at radius 2 is 2.25 bits per heavy atom. The van der Waals surface area contributed by atoms with Crippen molar-refractivity contribution in [3.8, 4) is 17.0 Å². The van der Waals surface area contributed by atoms with Crippen LogP contribution in [0.2, 0.25) is 0 Å². The number of hydrogen-bond donors (Lipinski definition) is 0. The monoisotopic (exact) mass is 271 g/mol.